The van der Waals surface area contributed by atoms with Gasteiger partial charge < -0.3 is 0 Å². The highest BCUT2D eigenvalue weighted by atomic mass is 19.4. The van der Waals surface area contributed by atoms with Gasteiger partial charge in [0.1, 0.15) is 5.82 Å². The van der Waals surface area contributed by atoms with Crippen LogP contribution in [-0.4, -0.2) is 0 Å². The third-order valence-corrected chi connectivity index (χ3v) is 16.7. The predicted octanol–water partition coefficient (Wildman–Crippen LogP) is 25.9. The lowest BCUT2D eigenvalue weighted by Crippen LogP contribution is -2.07. The highest BCUT2D eigenvalue weighted by Gasteiger charge is 2.34. The minimum atomic E-state index is -4.69. The first kappa shape index (κ1) is 65.4. The van der Waals surface area contributed by atoms with E-state index in [1.165, 1.54) is 106 Å². The Morgan fingerprint density at radius 1 is 0.293 bits per heavy atom. The van der Waals surface area contributed by atoms with Crippen LogP contribution in [0.15, 0.2) is 261 Å². The van der Waals surface area contributed by atoms with Gasteiger partial charge in [0.15, 0.2) is 0 Å². The SMILES string of the molecule is C=CCCc1ccc2cc(-c3ccc(-c4ccc(C(F)(F)F)cc4)cc3)ccc2c1.CCCCCCCc1ccc2cc(-c3ccc(-c4ccc(C(F)(F)F)cc4)cc3)ccc2c1.CCc1ccc2cc(-c3ccc(-c4ccc(C(F)(F)F)c(F)c4)cc3)ccc2c1. The second-order valence-corrected chi connectivity index (χ2v) is 23.1. The molecule has 0 atom stereocenters. The average molecular weight is 1240 g/mol. The lowest BCUT2D eigenvalue weighted by Gasteiger charge is -2.10. The summed E-state index contributed by atoms with van der Waals surface area (Å²) in [5.41, 5.74) is 12.3. The summed E-state index contributed by atoms with van der Waals surface area (Å²) in [4.78, 5) is 0. The molecule has 0 saturated heterocycles. The molecule has 0 amide bonds. The van der Waals surface area contributed by atoms with Crippen LogP contribution in [0.25, 0.3) is 99.1 Å². The van der Waals surface area contributed by atoms with Gasteiger partial charge in [-0.1, -0.05) is 240 Å². The van der Waals surface area contributed by atoms with E-state index in [4.69, 9.17) is 0 Å². The summed E-state index contributed by atoms with van der Waals surface area (Å²) in [7, 11) is 0. The van der Waals surface area contributed by atoms with Crippen molar-refractivity contribution in [3.8, 4) is 66.8 Å². The number of fused-ring (bicyclic) bond motifs is 3. The molecule has 0 heterocycles. The van der Waals surface area contributed by atoms with E-state index in [1.807, 2.05) is 66.7 Å². The van der Waals surface area contributed by atoms with Crippen molar-refractivity contribution < 1.29 is 43.9 Å². The number of alkyl halides is 9. The van der Waals surface area contributed by atoms with E-state index in [2.05, 4.69) is 130 Å². The molecule has 0 radical (unpaired) electrons. The molecule has 0 fully saturated rings. The van der Waals surface area contributed by atoms with E-state index >= 15 is 0 Å². The third-order valence-electron chi connectivity index (χ3n) is 16.7. The summed E-state index contributed by atoms with van der Waals surface area (Å²) in [6.45, 7) is 8.14. The van der Waals surface area contributed by atoms with Gasteiger partial charge in [-0.3, -0.25) is 0 Å². The molecule has 92 heavy (non-hydrogen) atoms. The summed E-state index contributed by atoms with van der Waals surface area (Å²) in [5.74, 6) is -1.26. The van der Waals surface area contributed by atoms with Crippen LogP contribution in [0.3, 0.4) is 0 Å². The molecule has 12 aromatic rings. The number of hydrogen-bond acceptors (Lipinski definition) is 0. The van der Waals surface area contributed by atoms with Gasteiger partial charge in [0, 0.05) is 0 Å². The van der Waals surface area contributed by atoms with Crippen molar-refractivity contribution in [3.05, 3.63) is 301 Å². The van der Waals surface area contributed by atoms with Crippen LogP contribution in [0, 0.1) is 5.82 Å². The van der Waals surface area contributed by atoms with E-state index < -0.39 is 41.0 Å². The molecule has 0 saturated carbocycles. The highest BCUT2D eigenvalue weighted by Crippen LogP contribution is 2.37. The Labute approximate surface area is 531 Å². The molecule has 0 spiro atoms. The normalized spacial score (nSPS) is 11.7. The number of benzene rings is 12. The molecule has 0 N–H and O–H groups in total. The molecule has 0 aliphatic carbocycles. The first-order chi connectivity index (χ1) is 44.2. The number of halogens is 10. The average Bonchev–Trinajstić information content (AvgIpc) is 0.905. The van der Waals surface area contributed by atoms with Gasteiger partial charge in [-0.25, -0.2) is 4.39 Å². The van der Waals surface area contributed by atoms with Gasteiger partial charge in [0.05, 0.1) is 16.7 Å². The fourth-order valence-corrected chi connectivity index (χ4v) is 11.3. The Morgan fingerprint density at radius 3 is 0.935 bits per heavy atom. The van der Waals surface area contributed by atoms with Gasteiger partial charge in [0.2, 0.25) is 0 Å². The van der Waals surface area contributed by atoms with Crippen LogP contribution < -0.4 is 0 Å². The molecule has 0 aliphatic heterocycles. The van der Waals surface area contributed by atoms with Crippen molar-refractivity contribution in [2.45, 2.75) is 90.2 Å². The molecule has 10 heteroatoms. The Balaban J connectivity index is 0.000000152. The van der Waals surface area contributed by atoms with Gasteiger partial charge in [-0.05, 0) is 202 Å². The molecule has 466 valence electrons. The molecule has 0 unspecified atom stereocenters. The van der Waals surface area contributed by atoms with Crippen LogP contribution in [-0.2, 0) is 37.8 Å². The summed E-state index contributed by atoms with van der Waals surface area (Å²) >= 11 is 0. The molecule has 12 rings (SSSR count). The fourth-order valence-electron chi connectivity index (χ4n) is 11.3. The number of unbranched alkanes of at least 4 members (excludes halogenated alkanes) is 4. The van der Waals surface area contributed by atoms with Crippen LogP contribution >= 0.6 is 0 Å². The van der Waals surface area contributed by atoms with Crippen molar-refractivity contribution in [1.82, 2.24) is 0 Å². The molecule has 0 aromatic heterocycles. The Kier molecular flexibility index (Phi) is 20.7. The topological polar surface area (TPSA) is 0 Å². The predicted molar refractivity (Wildman–Crippen MR) is 360 cm³/mol. The maximum Gasteiger partial charge on any atom is 0.419 e. The summed E-state index contributed by atoms with van der Waals surface area (Å²) in [6.07, 6.45) is -0.839. The van der Waals surface area contributed by atoms with Crippen molar-refractivity contribution in [3.63, 3.8) is 0 Å². The number of allylic oxidation sites excluding steroid dienone is 1. The van der Waals surface area contributed by atoms with Gasteiger partial charge in [-0.2, -0.15) is 39.5 Å². The van der Waals surface area contributed by atoms with Crippen LogP contribution in [0.1, 0.15) is 85.8 Å². The zero-order valence-electron chi connectivity index (χ0n) is 51.1. The Morgan fingerprint density at radius 2 is 0.587 bits per heavy atom. The maximum atomic E-state index is 13.9. The van der Waals surface area contributed by atoms with E-state index in [-0.39, 0.29) is 0 Å². The first-order valence-electron chi connectivity index (χ1n) is 31.0. The second kappa shape index (κ2) is 29.2. The fraction of sp³-hybridized carbons (Fsp3) is 0.171. The maximum absolute atomic E-state index is 13.9. The number of hydrogen-bond donors (Lipinski definition) is 0. The van der Waals surface area contributed by atoms with E-state index in [1.54, 1.807) is 12.1 Å². The van der Waals surface area contributed by atoms with Crippen LogP contribution in [0.2, 0.25) is 0 Å². The summed E-state index contributed by atoms with van der Waals surface area (Å²) in [6, 6.07) is 75.7. The third kappa shape index (κ3) is 16.7. The van der Waals surface area contributed by atoms with Crippen molar-refractivity contribution in [2.75, 3.05) is 0 Å². The van der Waals surface area contributed by atoms with Crippen molar-refractivity contribution >= 4 is 32.3 Å². The van der Waals surface area contributed by atoms with E-state index in [0.29, 0.717) is 11.1 Å². The standard InChI is InChI=1S/C30H29F3.C27H21F3.C25H18F4/c1-2-3-4-5-6-7-22-8-9-28-21-27(15-14-26(28)20-22)25-12-10-23(11-13-25)24-16-18-29(19-17-24)30(31,32)33;1-2-3-4-19-5-6-25-18-24(12-11-23(25)17-19)22-9-7-20(8-10-22)21-13-15-26(16-14-21)27(28,29)30;1-2-16-3-4-21-14-20(10-9-19(21)13-16)17-5-7-18(8-6-17)22-11-12-23(24(26)15-22)25(27,28)29/h8-21H,2-7H2,1H3;2,5-18H,1,3-4H2;3-15H,2H2,1H3. The minimum absolute atomic E-state index is 0.410. The first-order valence-corrected chi connectivity index (χ1v) is 31.0. The lowest BCUT2D eigenvalue weighted by molar-refractivity contribution is -0.140. The van der Waals surface area contributed by atoms with Crippen LogP contribution in [0.5, 0.6) is 0 Å². The Hall–Kier alpha value is -9.54. The van der Waals surface area contributed by atoms with Gasteiger partial charge >= 0.3 is 18.5 Å². The molecule has 0 bridgehead atoms. The van der Waals surface area contributed by atoms with Gasteiger partial charge in [0.25, 0.3) is 0 Å². The smallest absolute Gasteiger partial charge is 0.206 e. The highest BCUT2D eigenvalue weighted by molar-refractivity contribution is 5.90. The Bertz CT molecular complexity index is 4440. The molecule has 0 nitrogen and oxygen atoms in total. The monoisotopic (exact) mass is 1240 g/mol. The van der Waals surface area contributed by atoms with Crippen molar-refractivity contribution in [1.29, 1.82) is 0 Å². The quantitative estimate of drug-likeness (QED) is 0.0514. The summed E-state index contributed by atoms with van der Waals surface area (Å²) < 4.78 is 129. The van der Waals surface area contributed by atoms with E-state index in [9.17, 15) is 43.9 Å². The second-order valence-electron chi connectivity index (χ2n) is 23.1. The molecule has 12 aromatic carbocycles. The van der Waals surface area contributed by atoms with E-state index in [0.717, 1.165) is 123 Å². The van der Waals surface area contributed by atoms with Crippen molar-refractivity contribution in [2.24, 2.45) is 0 Å². The summed E-state index contributed by atoms with van der Waals surface area (Å²) in [5, 5.41) is 7.20. The minimum Gasteiger partial charge on any atom is -0.206 e. The zero-order valence-corrected chi connectivity index (χ0v) is 51.1. The largest absolute Gasteiger partial charge is 0.419 e. The molecular formula is C82H68F10. The lowest BCUT2D eigenvalue weighted by atomic mass is 9.96. The zero-order chi connectivity index (χ0) is 65.0. The van der Waals surface area contributed by atoms with Gasteiger partial charge in [-0.15, -0.1) is 6.58 Å². The molecular weight excluding hydrogens is 1170 g/mol. The van der Waals surface area contributed by atoms with Crippen LogP contribution in [0.4, 0.5) is 43.9 Å². The molecule has 0 aliphatic rings. The number of aryl methyl sites for hydroxylation is 3. The number of rotatable bonds is 16.